The minimum atomic E-state index is 0.0829. The number of carbonyl (C=O) groups is 1. The van der Waals surface area contributed by atoms with Crippen LogP contribution in [0.25, 0.3) is 0 Å². The van der Waals surface area contributed by atoms with E-state index in [4.69, 9.17) is 0 Å². The first-order valence-electron chi connectivity index (χ1n) is 7.46. The van der Waals surface area contributed by atoms with Gasteiger partial charge >= 0.3 is 0 Å². The third-order valence-electron chi connectivity index (χ3n) is 4.35. The Labute approximate surface area is 121 Å². The zero-order valence-corrected chi connectivity index (χ0v) is 12.7. The molecule has 1 atom stereocenters. The third kappa shape index (κ3) is 3.53. The van der Waals surface area contributed by atoms with Crippen molar-refractivity contribution >= 4 is 5.91 Å². The number of rotatable bonds is 1. The summed E-state index contributed by atoms with van der Waals surface area (Å²) in [4.78, 5) is 14.4. The first-order chi connectivity index (χ1) is 9.38. The van der Waals surface area contributed by atoms with Crippen LogP contribution in [0.5, 0.6) is 5.75 Å². The van der Waals surface area contributed by atoms with Crippen molar-refractivity contribution in [2.45, 2.75) is 40.0 Å². The average molecular weight is 275 g/mol. The van der Waals surface area contributed by atoms with Crippen molar-refractivity contribution in [3.63, 3.8) is 0 Å². The van der Waals surface area contributed by atoms with Crippen molar-refractivity contribution in [3.8, 4) is 5.75 Å². The number of nitrogens with zero attached hydrogens (tertiary/aromatic N) is 1. The summed E-state index contributed by atoms with van der Waals surface area (Å²) >= 11 is 0. The first kappa shape index (κ1) is 14.9. The van der Waals surface area contributed by atoms with E-state index in [1.54, 1.807) is 24.3 Å². The lowest BCUT2D eigenvalue weighted by Gasteiger charge is -2.29. The van der Waals surface area contributed by atoms with Gasteiger partial charge in [0.15, 0.2) is 0 Å². The van der Waals surface area contributed by atoms with E-state index in [1.165, 1.54) is 6.42 Å². The zero-order chi connectivity index (χ0) is 14.8. The van der Waals surface area contributed by atoms with Gasteiger partial charge in [-0.3, -0.25) is 4.79 Å². The van der Waals surface area contributed by atoms with Crippen LogP contribution in [0.4, 0.5) is 0 Å². The van der Waals surface area contributed by atoms with Gasteiger partial charge in [-0.05, 0) is 54.9 Å². The fourth-order valence-electron chi connectivity index (χ4n) is 2.95. The molecule has 3 nitrogen and oxygen atoms in total. The minimum absolute atomic E-state index is 0.0829. The third-order valence-corrected chi connectivity index (χ3v) is 4.35. The van der Waals surface area contributed by atoms with Gasteiger partial charge in [-0.25, -0.2) is 0 Å². The monoisotopic (exact) mass is 275 g/mol. The normalized spacial score (nSPS) is 20.6. The van der Waals surface area contributed by atoms with E-state index >= 15 is 0 Å². The van der Waals surface area contributed by atoms with Gasteiger partial charge in [-0.2, -0.15) is 0 Å². The van der Waals surface area contributed by atoms with Crippen LogP contribution in [0.1, 0.15) is 50.4 Å². The van der Waals surface area contributed by atoms with E-state index in [1.807, 2.05) is 4.90 Å². The van der Waals surface area contributed by atoms with Gasteiger partial charge in [0.25, 0.3) is 5.91 Å². The Morgan fingerprint density at radius 2 is 1.80 bits per heavy atom. The molecule has 0 bridgehead atoms. The van der Waals surface area contributed by atoms with Crippen LogP contribution >= 0.6 is 0 Å². The fourth-order valence-corrected chi connectivity index (χ4v) is 2.95. The van der Waals surface area contributed by atoms with Crippen molar-refractivity contribution in [3.05, 3.63) is 29.8 Å². The van der Waals surface area contributed by atoms with E-state index in [9.17, 15) is 9.90 Å². The molecule has 3 heteroatoms. The second-order valence-electron chi connectivity index (χ2n) is 6.83. The Balaban J connectivity index is 2.03. The molecule has 1 amide bonds. The molecule has 1 unspecified atom stereocenters. The molecule has 0 spiro atoms. The molecule has 0 aromatic heterocycles. The number of aromatic hydroxyl groups is 1. The quantitative estimate of drug-likeness (QED) is 0.849. The molecule has 20 heavy (non-hydrogen) atoms. The maximum Gasteiger partial charge on any atom is 0.253 e. The highest BCUT2D eigenvalue weighted by Gasteiger charge is 2.28. The van der Waals surface area contributed by atoms with E-state index in [0.717, 1.165) is 25.9 Å². The highest BCUT2D eigenvalue weighted by atomic mass is 16.3. The van der Waals surface area contributed by atoms with Gasteiger partial charge in [0.1, 0.15) is 5.75 Å². The molecule has 110 valence electrons. The number of carbonyl (C=O) groups excluding carboxylic acids is 1. The molecule has 1 aliphatic rings. The molecule has 0 saturated carbocycles. The Hall–Kier alpha value is -1.51. The average Bonchev–Trinajstić information content (AvgIpc) is 2.64. The number of phenolic OH excluding ortho intramolecular Hbond substituents is 1. The molecule has 0 radical (unpaired) electrons. The predicted molar refractivity (Wildman–Crippen MR) is 80.8 cm³/mol. The Morgan fingerprint density at radius 1 is 1.15 bits per heavy atom. The predicted octanol–water partition coefficient (Wildman–Crippen LogP) is 3.68. The second-order valence-corrected chi connectivity index (χ2v) is 6.83. The van der Waals surface area contributed by atoms with Crippen LogP contribution in [0.2, 0.25) is 0 Å². The first-order valence-corrected chi connectivity index (χ1v) is 7.46. The lowest BCUT2D eigenvalue weighted by molar-refractivity contribution is 0.0755. The number of hydrogen-bond donors (Lipinski definition) is 1. The van der Waals surface area contributed by atoms with E-state index in [-0.39, 0.29) is 11.7 Å². The number of phenols is 1. The standard InChI is InChI=1S/C17H25NO2/c1-17(2,3)14-5-4-11-18(12-10-14)16(20)13-6-8-15(19)9-7-13/h6-9,14,19H,4-5,10-12H2,1-3H3. The smallest absolute Gasteiger partial charge is 0.253 e. The lowest BCUT2D eigenvalue weighted by Crippen LogP contribution is -2.32. The lowest BCUT2D eigenvalue weighted by atomic mass is 9.77. The number of hydrogen-bond acceptors (Lipinski definition) is 2. The maximum atomic E-state index is 12.5. The van der Waals surface area contributed by atoms with Crippen LogP contribution in [-0.2, 0) is 0 Å². The van der Waals surface area contributed by atoms with Gasteiger partial charge in [-0.1, -0.05) is 20.8 Å². The minimum Gasteiger partial charge on any atom is -0.508 e. The second kappa shape index (κ2) is 5.86. The van der Waals surface area contributed by atoms with E-state index in [2.05, 4.69) is 20.8 Å². The molecular weight excluding hydrogens is 250 g/mol. The van der Waals surface area contributed by atoms with E-state index < -0.39 is 0 Å². The van der Waals surface area contributed by atoms with Crippen molar-refractivity contribution in [1.29, 1.82) is 0 Å². The van der Waals surface area contributed by atoms with Gasteiger partial charge < -0.3 is 10.0 Å². The van der Waals surface area contributed by atoms with Crippen LogP contribution in [0.3, 0.4) is 0 Å². The Bertz CT molecular complexity index is 459. The number of benzene rings is 1. The summed E-state index contributed by atoms with van der Waals surface area (Å²) in [6, 6.07) is 6.54. The van der Waals surface area contributed by atoms with Crippen LogP contribution in [0, 0.1) is 11.3 Å². The van der Waals surface area contributed by atoms with Crippen LogP contribution < -0.4 is 0 Å². The van der Waals surface area contributed by atoms with Crippen molar-refractivity contribution in [2.24, 2.45) is 11.3 Å². The van der Waals surface area contributed by atoms with Crippen LogP contribution in [0.15, 0.2) is 24.3 Å². The largest absolute Gasteiger partial charge is 0.508 e. The molecule has 1 heterocycles. The highest BCUT2D eigenvalue weighted by molar-refractivity contribution is 5.94. The van der Waals surface area contributed by atoms with Gasteiger partial charge in [0.2, 0.25) is 0 Å². The molecule has 1 N–H and O–H groups in total. The Morgan fingerprint density at radius 3 is 2.40 bits per heavy atom. The van der Waals surface area contributed by atoms with Gasteiger partial charge in [0, 0.05) is 18.7 Å². The number of likely N-dealkylation sites (tertiary alicyclic amines) is 1. The summed E-state index contributed by atoms with van der Waals surface area (Å²) in [6.07, 6.45) is 3.35. The molecule has 0 aliphatic carbocycles. The molecule has 1 aliphatic heterocycles. The summed E-state index contributed by atoms with van der Waals surface area (Å²) in [5.41, 5.74) is 0.981. The summed E-state index contributed by atoms with van der Waals surface area (Å²) < 4.78 is 0. The summed E-state index contributed by atoms with van der Waals surface area (Å²) in [7, 11) is 0. The Kier molecular flexibility index (Phi) is 4.36. The number of amides is 1. The molecule has 1 aromatic rings. The summed E-state index contributed by atoms with van der Waals surface area (Å²) in [5, 5.41) is 9.29. The highest BCUT2D eigenvalue weighted by Crippen LogP contribution is 2.34. The molecular formula is C17H25NO2. The van der Waals surface area contributed by atoms with Gasteiger partial charge in [0.05, 0.1) is 0 Å². The summed E-state index contributed by atoms with van der Waals surface area (Å²) in [6.45, 7) is 8.54. The van der Waals surface area contributed by atoms with Crippen LogP contribution in [-0.4, -0.2) is 29.0 Å². The summed E-state index contributed by atoms with van der Waals surface area (Å²) in [5.74, 6) is 0.963. The maximum absolute atomic E-state index is 12.5. The van der Waals surface area contributed by atoms with Crippen molar-refractivity contribution < 1.29 is 9.90 Å². The van der Waals surface area contributed by atoms with E-state index in [0.29, 0.717) is 16.9 Å². The van der Waals surface area contributed by atoms with Crippen molar-refractivity contribution in [1.82, 2.24) is 4.90 Å². The van der Waals surface area contributed by atoms with Gasteiger partial charge in [-0.15, -0.1) is 0 Å². The SMILES string of the molecule is CC(C)(C)C1CCCN(C(=O)c2ccc(O)cc2)CC1. The molecule has 1 aromatic carbocycles. The fraction of sp³-hybridized carbons (Fsp3) is 0.588. The molecule has 1 saturated heterocycles. The van der Waals surface area contributed by atoms with Crippen molar-refractivity contribution in [2.75, 3.05) is 13.1 Å². The topological polar surface area (TPSA) is 40.5 Å². The molecule has 1 fully saturated rings. The zero-order valence-electron chi connectivity index (χ0n) is 12.7. The molecule has 2 rings (SSSR count).